The molecule has 1 aromatic carbocycles. The second-order valence-corrected chi connectivity index (χ2v) is 5.56. The lowest BCUT2D eigenvalue weighted by Crippen LogP contribution is -2.56. The number of aliphatic hydroxyl groups is 1. The summed E-state index contributed by atoms with van der Waals surface area (Å²) in [7, 11) is 0. The Labute approximate surface area is 133 Å². The van der Waals surface area contributed by atoms with Crippen molar-refractivity contribution in [2.24, 2.45) is 0 Å². The largest absolute Gasteiger partial charge is 0.465 e. The molecule has 0 aromatic heterocycles. The first-order valence-electron chi connectivity index (χ1n) is 7.08. The Morgan fingerprint density at radius 2 is 2.00 bits per heavy atom. The maximum Gasteiger partial charge on any atom is 0.407 e. The van der Waals surface area contributed by atoms with Crippen LogP contribution in [0.3, 0.4) is 0 Å². The molecule has 1 heterocycles. The number of alkyl halides is 1. The Morgan fingerprint density at radius 3 is 2.55 bits per heavy atom. The van der Waals surface area contributed by atoms with E-state index in [1.165, 1.54) is 0 Å². The predicted octanol–water partition coefficient (Wildman–Crippen LogP) is 1.37. The Hall–Kier alpha value is -1.79. The van der Waals surface area contributed by atoms with E-state index < -0.39 is 18.2 Å². The van der Waals surface area contributed by atoms with Crippen LogP contribution in [-0.4, -0.2) is 63.1 Å². The highest BCUT2D eigenvalue weighted by molar-refractivity contribution is 6.27. The van der Waals surface area contributed by atoms with Crippen molar-refractivity contribution >= 4 is 23.6 Å². The molecule has 2 atom stereocenters. The van der Waals surface area contributed by atoms with E-state index in [2.05, 4.69) is 0 Å². The minimum atomic E-state index is -1.06. The molecule has 2 amide bonds. The molecule has 1 aliphatic rings. The fraction of sp³-hybridized carbons (Fsp3) is 0.467. The summed E-state index contributed by atoms with van der Waals surface area (Å²) in [5.41, 5.74) is 0.939. The Kier molecular flexibility index (Phi) is 5.63. The van der Waals surface area contributed by atoms with Crippen molar-refractivity contribution in [1.29, 1.82) is 0 Å². The number of hydrogen-bond donors (Lipinski definition) is 2. The third-order valence-corrected chi connectivity index (χ3v) is 4.08. The van der Waals surface area contributed by atoms with E-state index in [1.807, 2.05) is 30.3 Å². The van der Waals surface area contributed by atoms with Crippen molar-refractivity contribution in [3.05, 3.63) is 35.9 Å². The van der Waals surface area contributed by atoms with Gasteiger partial charge >= 0.3 is 6.09 Å². The first kappa shape index (κ1) is 16.6. The monoisotopic (exact) mass is 326 g/mol. The normalized spacial score (nSPS) is 21.5. The van der Waals surface area contributed by atoms with Gasteiger partial charge in [-0.05, 0) is 12.0 Å². The molecule has 1 saturated heterocycles. The van der Waals surface area contributed by atoms with Crippen LogP contribution >= 0.6 is 11.6 Å². The van der Waals surface area contributed by atoms with E-state index in [0.29, 0.717) is 13.0 Å². The maximum atomic E-state index is 12.1. The summed E-state index contributed by atoms with van der Waals surface area (Å²) in [5.74, 6) is -0.433. The standard InChI is InChI=1S/C15H19ClN2O4/c16-8-14(20)18(9-11-4-2-1-3-5-11)12-6-7-17(15(21)22)10-13(12)19/h1-5,12-13,19H,6-10H2,(H,21,22). The van der Waals surface area contributed by atoms with Crippen LogP contribution in [0.1, 0.15) is 12.0 Å². The highest BCUT2D eigenvalue weighted by atomic mass is 35.5. The Bertz CT molecular complexity index is 526. The van der Waals surface area contributed by atoms with E-state index in [0.717, 1.165) is 10.5 Å². The number of rotatable bonds is 4. The van der Waals surface area contributed by atoms with Gasteiger partial charge in [0.25, 0.3) is 0 Å². The molecule has 0 spiro atoms. The van der Waals surface area contributed by atoms with Gasteiger partial charge in [-0.15, -0.1) is 11.6 Å². The van der Waals surface area contributed by atoms with Crippen molar-refractivity contribution < 1.29 is 19.8 Å². The molecule has 120 valence electrons. The highest BCUT2D eigenvalue weighted by Gasteiger charge is 2.35. The summed E-state index contributed by atoms with van der Waals surface area (Å²) >= 11 is 5.68. The van der Waals surface area contributed by atoms with Gasteiger partial charge in [-0.1, -0.05) is 30.3 Å². The molecule has 7 heteroatoms. The summed E-state index contributed by atoms with van der Waals surface area (Å²) < 4.78 is 0. The number of carbonyl (C=O) groups excluding carboxylic acids is 1. The van der Waals surface area contributed by atoms with E-state index in [-0.39, 0.29) is 24.9 Å². The van der Waals surface area contributed by atoms with Gasteiger partial charge in [0.05, 0.1) is 18.7 Å². The van der Waals surface area contributed by atoms with Crippen LogP contribution in [0.2, 0.25) is 0 Å². The van der Waals surface area contributed by atoms with Crippen molar-refractivity contribution in [1.82, 2.24) is 9.80 Å². The second-order valence-electron chi connectivity index (χ2n) is 5.29. The number of halogens is 1. The fourth-order valence-corrected chi connectivity index (χ4v) is 2.86. The van der Waals surface area contributed by atoms with Gasteiger partial charge in [0.15, 0.2) is 0 Å². The molecule has 1 aromatic rings. The zero-order chi connectivity index (χ0) is 16.1. The molecule has 1 fully saturated rings. The van der Waals surface area contributed by atoms with Gasteiger partial charge in [-0.2, -0.15) is 0 Å². The van der Waals surface area contributed by atoms with Crippen molar-refractivity contribution in [3.8, 4) is 0 Å². The Balaban J connectivity index is 2.12. The number of aliphatic hydroxyl groups excluding tert-OH is 1. The van der Waals surface area contributed by atoms with Gasteiger partial charge in [0, 0.05) is 13.1 Å². The minimum absolute atomic E-state index is 0.000849. The number of likely N-dealkylation sites (tertiary alicyclic amines) is 1. The lowest BCUT2D eigenvalue weighted by atomic mass is 9.99. The van der Waals surface area contributed by atoms with E-state index in [4.69, 9.17) is 16.7 Å². The number of benzene rings is 1. The number of carboxylic acid groups (broad SMARTS) is 1. The molecule has 1 aliphatic heterocycles. The van der Waals surface area contributed by atoms with Gasteiger partial charge in [-0.3, -0.25) is 4.79 Å². The number of piperidine rings is 1. The topological polar surface area (TPSA) is 81.1 Å². The molecule has 0 bridgehead atoms. The maximum absolute atomic E-state index is 12.1. The third-order valence-electron chi connectivity index (χ3n) is 3.85. The lowest BCUT2D eigenvalue weighted by Gasteiger charge is -2.40. The zero-order valence-corrected chi connectivity index (χ0v) is 12.8. The molecule has 2 rings (SSSR count). The van der Waals surface area contributed by atoms with Crippen LogP contribution < -0.4 is 0 Å². The fourth-order valence-electron chi connectivity index (χ4n) is 2.70. The van der Waals surface area contributed by atoms with Crippen LogP contribution in [0.25, 0.3) is 0 Å². The van der Waals surface area contributed by atoms with E-state index in [9.17, 15) is 14.7 Å². The summed E-state index contributed by atoms with van der Waals surface area (Å²) in [6.07, 6.45) is -1.58. The van der Waals surface area contributed by atoms with Crippen LogP contribution in [0.15, 0.2) is 30.3 Å². The number of amides is 2. The molecular weight excluding hydrogens is 308 g/mol. The summed E-state index contributed by atoms with van der Waals surface area (Å²) in [4.78, 5) is 25.8. The summed E-state index contributed by atoms with van der Waals surface area (Å²) in [6, 6.07) is 9.00. The molecule has 6 nitrogen and oxygen atoms in total. The molecule has 0 aliphatic carbocycles. The number of hydrogen-bond acceptors (Lipinski definition) is 3. The molecular formula is C15H19ClN2O4. The van der Waals surface area contributed by atoms with Crippen LogP contribution in [0, 0.1) is 0 Å². The first-order valence-corrected chi connectivity index (χ1v) is 7.61. The quantitative estimate of drug-likeness (QED) is 0.819. The molecule has 2 N–H and O–H groups in total. The average molecular weight is 327 g/mol. The predicted molar refractivity (Wildman–Crippen MR) is 81.7 cm³/mol. The lowest BCUT2D eigenvalue weighted by molar-refractivity contribution is -0.136. The van der Waals surface area contributed by atoms with Gasteiger partial charge < -0.3 is 20.0 Å². The number of nitrogens with zero attached hydrogens (tertiary/aromatic N) is 2. The van der Waals surface area contributed by atoms with Crippen molar-refractivity contribution in [2.75, 3.05) is 19.0 Å². The number of carbonyl (C=O) groups is 2. The second kappa shape index (κ2) is 7.47. The summed E-state index contributed by atoms with van der Waals surface area (Å²) in [5, 5.41) is 19.2. The SMILES string of the molecule is O=C(O)N1CCC(N(Cc2ccccc2)C(=O)CCl)C(O)C1. The van der Waals surface area contributed by atoms with Crippen LogP contribution in [-0.2, 0) is 11.3 Å². The van der Waals surface area contributed by atoms with Gasteiger partial charge in [0.2, 0.25) is 5.91 Å². The average Bonchev–Trinajstić information content (AvgIpc) is 2.53. The Morgan fingerprint density at radius 1 is 1.32 bits per heavy atom. The van der Waals surface area contributed by atoms with Gasteiger partial charge in [-0.25, -0.2) is 4.79 Å². The molecule has 0 saturated carbocycles. The van der Waals surface area contributed by atoms with Crippen molar-refractivity contribution in [2.45, 2.75) is 25.1 Å². The molecule has 0 radical (unpaired) electrons. The first-order chi connectivity index (χ1) is 10.5. The van der Waals surface area contributed by atoms with E-state index >= 15 is 0 Å². The van der Waals surface area contributed by atoms with Crippen LogP contribution in [0.5, 0.6) is 0 Å². The molecule has 22 heavy (non-hydrogen) atoms. The zero-order valence-electron chi connectivity index (χ0n) is 12.1. The van der Waals surface area contributed by atoms with Gasteiger partial charge in [0.1, 0.15) is 5.88 Å². The van der Waals surface area contributed by atoms with Crippen LogP contribution in [0.4, 0.5) is 4.79 Å². The summed E-state index contributed by atoms with van der Waals surface area (Å²) in [6.45, 7) is 0.639. The molecule has 2 unspecified atom stereocenters. The smallest absolute Gasteiger partial charge is 0.407 e. The number of β-amino-alcohol motifs (C(OH)–C–C–N with tert-alkyl or cyclic N) is 1. The van der Waals surface area contributed by atoms with Crippen molar-refractivity contribution in [3.63, 3.8) is 0 Å². The third kappa shape index (κ3) is 3.90. The van der Waals surface area contributed by atoms with E-state index in [1.54, 1.807) is 4.90 Å². The highest BCUT2D eigenvalue weighted by Crippen LogP contribution is 2.20. The minimum Gasteiger partial charge on any atom is -0.465 e.